The maximum Gasteiger partial charge on any atom is 0.498 e. The van der Waals surface area contributed by atoms with E-state index in [0.29, 0.717) is 17.8 Å². The molecule has 8 heteroatoms. The first-order chi connectivity index (χ1) is 12.6. The molecule has 1 aliphatic rings. The Kier molecular flexibility index (Phi) is 4.88. The third-order valence-corrected chi connectivity index (χ3v) is 5.10. The van der Waals surface area contributed by atoms with Crippen LogP contribution in [0.25, 0.3) is 0 Å². The Hall–Kier alpha value is -2.58. The second-order valence-electron chi connectivity index (χ2n) is 7.57. The van der Waals surface area contributed by atoms with Gasteiger partial charge in [-0.3, -0.25) is 10.1 Å². The van der Waals surface area contributed by atoms with Crippen molar-refractivity contribution in [2.75, 3.05) is 5.73 Å². The average Bonchev–Trinajstić information content (AvgIpc) is 2.81. The lowest BCUT2D eigenvalue weighted by Gasteiger charge is -2.32. The summed E-state index contributed by atoms with van der Waals surface area (Å²) in [5.41, 5.74) is 5.95. The maximum atomic E-state index is 11.3. The summed E-state index contributed by atoms with van der Waals surface area (Å²) >= 11 is 0. The lowest BCUT2D eigenvalue weighted by atomic mass is 9.78. The molecule has 142 valence electrons. The SMILES string of the molecule is CC1(C)OB(c2cc([N+](=O)[O-])c(N)cc2OCc2ccccc2)OC1(C)C. The number of anilines is 1. The first-order valence-corrected chi connectivity index (χ1v) is 8.71. The van der Waals surface area contributed by atoms with Gasteiger partial charge in [0.05, 0.1) is 16.1 Å². The van der Waals surface area contributed by atoms with Gasteiger partial charge in [-0.05, 0) is 33.3 Å². The van der Waals surface area contributed by atoms with Crippen molar-refractivity contribution in [1.29, 1.82) is 0 Å². The Morgan fingerprint density at radius 2 is 1.70 bits per heavy atom. The smallest absolute Gasteiger partial charge is 0.489 e. The molecule has 2 aromatic carbocycles. The molecule has 0 saturated carbocycles. The fraction of sp³-hybridized carbons (Fsp3) is 0.368. The van der Waals surface area contributed by atoms with Gasteiger partial charge in [0, 0.05) is 17.6 Å². The zero-order chi connectivity index (χ0) is 19.8. The van der Waals surface area contributed by atoms with E-state index in [0.717, 1.165) is 5.56 Å². The number of benzene rings is 2. The van der Waals surface area contributed by atoms with Gasteiger partial charge in [-0.1, -0.05) is 30.3 Å². The number of nitrogen functional groups attached to an aromatic ring is 1. The monoisotopic (exact) mass is 370 g/mol. The van der Waals surface area contributed by atoms with Gasteiger partial charge in [-0.15, -0.1) is 0 Å². The lowest BCUT2D eigenvalue weighted by Crippen LogP contribution is -2.41. The highest BCUT2D eigenvalue weighted by Crippen LogP contribution is 2.38. The van der Waals surface area contributed by atoms with E-state index in [1.54, 1.807) is 0 Å². The highest BCUT2D eigenvalue weighted by atomic mass is 16.7. The van der Waals surface area contributed by atoms with Gasteiger partial charge in [-0.25, -0.2) is 0 Å². The minimum absolute atomic E-state index is 0.0309. The Morgan fingerprint density at radius 3 is 2.26 bits per heavy atom. The summed E-state index contributed by atoms with van der Waals surface area (Å²) in [7, 11) is -0.792. The van der Waals surface area contributed by atoms with Crippen LogP contribution in [0.3, 0.4) is 0 Å². The molecular weight excluding hydrogens is 347 g/mol. The molecular formula is C19H23BN2O5. The van der Waals surface area contributed by atoms with Crippen LogP contribution in [0.4, 0.5) is 11.4 Å². The summed E-state index contributed by atoms with van der Waals surface area (Å²) < 4.78 is 18.0. The van der Waals surface area contributed by atoms with Crippen molar-refractivity contribution < 1.29 is 19.0 Å². The normalized spacial score (nSPS) is 17.7. The first kappa shape index (κ1) is 19.2. The molecule has 1 aliphatic heterocycles. The Balaban J connectivity index is 1.97. The van der Waals surface area contributed by atoms with Gasteiger partial charge < -0.3 is 19.8 Å². The van der Waals surface area contributed by atoms with Crippen LogP contribution in [0, 0.1) is 10.1 Å². The molecule has 0 atom stereocenters. The average molecular weight is 370 g/mol. The van der Waals surface area contributed by atoms with Crippen LogP contribution >= 0.6 is 0 Å². The molecule has 0 aromatic heterocycles. The second kappa shape index (κ2) is 6.86. The standard InChI is InChI=1S/C19H23BN2O5/c1-18(2)19(3,4)27-20(26-18)14-10-16(22(23)24)15(21)11-17(14)25-12-13-8-6-5-7-9-13/h5-11H,12,21H2,1-4H3. The van der Waals surface area contributed by atoms with Crippen LogP contribution in [-0.2, 0) is 15.9 Å². The third kappa shape index (κ3) is 3.77. The zero-order valence-corrected chi connectivity index (χ0v) is 15.9. The van der Waals surface area contributed by atoms with Crippen LogP contribution in [0.15, 0.2) is 42.5 Å². The predicted octanol–water partition coefficient (Wildman–Crippen LogP) is 3.06. The molecule has 1 saturated heterocycles. The molecule has 0 radical (unpaired) electrons. The molecule has 1 heterocycles. The molecule has 0 unspecified atom stereocenters. The molecule has 0 amide bonds. The summed E-state index contributed by atoms with van der Waals surface area (Å²) in [4.78, 5) is 10.8. The number of nitrogens with two attached hydrogens (primary N) is 1. The second-order valence-corrected chi connectivity index (χ2v) is 7.57. The molecule has 0 bridgehead atoms. The van der Waals surface area contributed by atoms with E-state index in [1.807, 2.05) is 58.0 Å². The van der Waals surface area contributed by atoms with Gasteiger partial charge in [0.15, 0.2) is 0 Å². The maximum absolute atomic E-state index is 11.3. The largest absolute Gasteiger partial charge is 0.498 e. The van der Waals surface area contributed by atoms with Crippen molar-refractivity contribution in [3.8, 4) is 5.75 Å². The quantitative estimate of drug-likeness (QED) is 0.376. The Bertz CT molecular complexity index is 839. The van der Waals surface area contributed by atoms with E-state index >= 15 is 0 Å². The predicted molar refractivity (Wildman–Crippen MR) is 104 cm³/mol. The first-order valence-electron chi connectivity index (χ1n) is 8.71. The number of nitro benzene ring substituents is 1. The number of hydrogen-bond donors (Lipinski definition) is 1. The molecule has 27 heavy (non-hydrogen) atoms. The molecule has 1 fully saturated rings. The van der Waals surface area contributed by atoms with E-state index in [2.05, 4.69) is 0 Å². The molecule has 2 N–H and O–H groups in total. The number of hydrogen-bond acceptors (Lipinski definition) is 6. The minimum atomic E-state index is -0.792. The van der Waals surface area contributed by atoms with Gasteiger partial charge in [0.1, 0.15) is 18.0 Å². The van der Waals surface area contributed by atoms with Crippen molar-refractivity contribution in [2.45, 2.75) is 45.5 Å². The van der Waals surface area contributed by atoms with E-state index in [4.69, 9.17) is 19.8 Å². The fourth-order valence-electron chi connectivity index (χ4n) is 2.77. The van der Waals surface area contributed by atoms with E-state index in [-0.39, 0.29) is 11.4 Å². The Morgan fingerprint density at radius 1 is 1.11 bits per heavy atom. The minimum Gasteiger partial charge on any atom is -0.489 e. The van der Waals surface area contributed by atoms with Gasteiger partial charge in [0.25, 0.3) is 5.69 Å². The van der Waals surface area contributed by atoms with Gasteiger partial charge in [0.2, 0.25) is 0 Å². The van der Waals surface area contributed by atoms with Crippen LogP contribution in [-0.4, -0.2) is 23.2 Å². The van der Waals surface area contributed by atoms with Crippen LogP contribution in [0.2, 0.25) is 0 Å². The van der Waals surface area contributed by atoms with Crippen molar-refractivity contribution in [3.05, 3.63) is 58.1 Å². The molecule has 2 aromatic rings. The summed E-state index contributed by atoms with van der Waals surface area (Å²) in [6, 6.07) is 12.4. The summed E-state index contributed by atoms with van der Waals surface area (Å²) in [6.07, 6.45) is 0. The van der Waals surface area contributed by atoms with Crippen LogP contribution in [0.1, 0.15) is 33.3 Å². The van der Waals surface area contributed by atoms with E-state index in [1.165, 1.54) is 12.1 Å². The highest BCUT2D eigenvalue weighted by molar-refractivity contribution is 6.63. The number of rotatable bonds is 5. The van der Waals surface area contributed by atoms with Crippen molar-refractivity contribution in [1.82, 2.24) is 0 Å². The summed E-state index contributed by atoms with van der Waals surface area (Å²) in [5, 5.41) is 11.3. The zero-order valence-electron chi connectivity index (χ0n) is 15.9. The van der Waals surface area contributed by atoms with Crippen molar-refractivity contribution in [3.63, 3.8) is 0 Å². The molecule has 0 spiro atoms. The van der Waals surface area contributed by atoms with E-state index in [9.17, 15) is 10.1 Å². The van der Waals surface area contributed by atoms with Crippen molar-refractivity contribution in [2.24, 2.45) is 0 Å². The summed E-state index contributed by atoms with van der Waals surface area (Å²) in [5.74, 6) is 0.403. The van der Waals surface area contributed by atoms with Crippen LogP contribution < -0.4 is 15.9 Å². The van der Waals surface area contributed by atoms with Crippen molar-refractivity contribution >= 4 is 24.0 Å². The fourth-order valence-corrected chi connectivity index (χ4v) is 2.77. The number of nitro groups is 1. The third-order valence-electron chi connectivity index (χ3n) is 5.10. The topological polar surface area (TPSA) is 96.9 Å². The molecule has 3 rings (SSSR count). The molecule has 0 aliphatic carbocycles. The Labute approximate surface area is 158 Å². The number of ether oxygens (including phenoxy) is 1. The number of nitrogens with zero attached hydrogens (tertiary/aromatic N) is 1. The highest BCUT2D eigenvalue weighted by Gasteiger charge is 2.53. The summed E-state index contributed by atoms with van der Waals surface area (Å²) in [6.45, 7) is 7.98. The van der Waals surface area contributed by atoms with Crippen LogP contribution in [0.5, 0.6) is 5.75 Å². The molecule has 7 nitrogen and oxygen atoms in total. The lowest BCUT2D eigenvalue weighted by molar-refractivity contribution is -0.383. The van der Waals surface area contributed by atoms with E-state index < -0.39 is 23.2 Å². The van der Waals surface area contributed by atoms with Gasteiger partial charge in [-0.2, -0.15) is 0 Å². The van der Waals surface area contributed by atoms with Gasteiger partial charge >= 0.3 is 7.12 Å².